The number of nitrogens with zero attached hydrogens (tertiary/aromatic N) is 1. The molecule has 2 aromatic rings. The maximum absolute atomic E-state index is 12.8. The van der Waals surface area contributed by atoms with Crippen LogP contribution in [-0.4, -0.2) is 4.57 Å². The third-order valence-corrected chi connectivity index (χ3v) is 4.38. The van der Waals surface area contributed by atoms with Crippen molar-refractivity contribution in [1.82, 2.24) is 4.57 Å². The van der Waals surface area contributed by atoms with Gasteiger partial charge in [-0.25, -0.2) is 0 Å². The van der Waals surface area contributed by atoms with E-state index in [1.54, 1.807) is 12.1 Å². The predicted molar refractivity (Wildman–Crippen MR) is 85.9 cm³/mol. The van der Waals surface area contributed by atoms with Gasteiger partial charge in [0.15, 0.2) is 0 Å². The number of hydrogen-bond acceptors (Lipinski definition) is 2. The van der Waals surface area contributed by atoms with Crippen LogP contribution in [0.15, 0.2) is 35.1 Å². The highest BCUT2D eigenvalue weighted by molar-refractivity contribution is 6.30. The zero-order valence-corrected chi connectivity index (χ0v) is 13.0. The van der Waals surface area contributed by atoms with Crippen molar-refractivity contribution < 1.29 is 0 Å². The first kappa shape index (κ1) is 14.4. The van der Waals surface area contributed by atoms with E-state index in [0.717, 1.165) is 29.7 Å². The van der Waals surface area contributed by atoms with Crippen molar-refractivity contribution in [2.75, 3.05) is 0 Å². The fourth-order valence-corrected chi connectivity index (χ4v) is 3.05. The van der Waals surface area contributed by atoms with Gasteiger partial charge >= 0.3 is 0 Å². The lowest BCUT2D eigenvalue weighted by atomic mass is 9.96. The average Bonchev–Trinajstić information content (AvgIpc) is 3.23. The first-order valence-corrected chi connectivity index (χ1v) is 7.60. The van der Waals surface area contributed by atoms with E-state index in [0.29, 0.717) is 16.6 Å². The summed E-state index contributed by atoms with van der Waals surface area (Å²) in [5.41, 5.74) is 9.98. The Balaban J connectivity index is 2.11. The number of hydrogen-bond donors (Lipinski definition) is 1. The van der Waals surface area contributed by atoms with Crippen molar-refractivity contribution in [1.29, 1.82) is 0 Å². The second-order valence-electron chi connectivity index (χ2n) is 5.82. The number of halogens is 1. The summed E-state index contributed by atoms with van der Waals surface area (Å²) in [5.74, 6) is 0. The van der Waals surface area contributed by atoms with Crippen LogP contribution in [0.2, 0.25) is 5.02 Å². The fraction of sp³-hybridized carbons (Fsp3) is 0.353. The molecule has 1 aromatic heterocycles. The fourth-order valence-electron chi connectivity index (χ4n) is 2.92. The van der Waals surface area contributed by atoms with E-state index < -0.39 is 6.04 Å². The molecule has 0 radical (unpaired) electrons. The number of aromatic nitrogens is 1. The maximum atomic E-state index is 12.8. The Hall–Kier alpha value is -1.58. The monoisotopic (exact) mass is 302 g/mol. The summed E-state index contributed by atoms with van der Waals surface area (Å²) >= 11 is 5.91. The molecule has 0 aliphatic heterocycles. The maximum Gasteiger partial charge on any atom is 0.256 e. The highest BCUT2D eigenvalue weighted by Gasteiger charge is 2.28. The standard InChI is InChI=1S/C17H19ClN2O/c1-10-9-11(2)20(14-7-8-14)17(21)15(10)16(19)12-3-5-13(18)6-4-12/h3-6,9,14,16H,7-8,19H2,1-2H3. The summed E-state index contributed by atoms with van der Waals surface area (Å²) in [6.07, 6.45) is 2.17. The van der Waals surface area contributed by atoms with Crippen LogP contribution in [-0.2, 0) is 0 Å². The van der Waals surface area contributed by atoms with E-state index in [9.17, 15) is 4.79 Å². The number of benzene rings is 1. The lowest BCUT2D eigenvalue weighted by Crippen LogP contribution is -2.31. The molecule has 1 saturated carbocycles. The minimum Gasteiger partial charge on any atom is -0.320 e. The molecule has 0 bridgehead atoms. The van der Waals surface area contributed by atoms with Gasteiger partial charge in [-0.3, -0.25) is 4.79 Å². The smallest absolute Gasteiger partial charge is 0.256 e. The van der Waals surface area contributed by atoms with Crippen LogP contribution in [0.5, 0.6) is 0 Å². The molecule has 1 unspecified atom stereocenters. The second-order valence-corrected chi connectivity index (χ2v) is 6.25. The minimum absolute atomic E-state index is 0.0532. The molecule has 1 atom stereocenters. The Labute approximate surface area is 129 Å². The van der Waals surface area contributed by atoms with Crippen LogP contribution in [0, 0.1) is 13.8 Å². The normalized spacial score (nSPS) is 16.0. The number of pyridine rings is 1. The molecule has 1 aliphatic carbocycles. The first-order valence-electron chi connectivity index (χ1n) is 7.22. The van der Waals surface area contributed by atoms with Gasteiger partial charge in [0, 0.05) is 22.3 Å². The SMILES string of the molecule is Cc1cc(C)n(C2CC2)c(=O)c1C(N)c1ccc(Cl)cc1. The van der Waals surface area contributed by atoms with Crippen LogP contribution in [0.3, 0.4) is 0 Å². The topological polar surface area (TPSA) is 48.0 Å². The molecule has 21 heavy (non-hydrogen) atoms. The minimum atomic E-state index is -0.416. The summed E-state index contributed by atoms with van der Waals surface area (Å²) in [6.45, 7) is 3.95. The summed E-state index contributed by atoms with van der Waals surface area (Å²) in [4.78, 5) is 12.8. The van der Waals surface area contributed by atoms with Crippen molar-refractivity contribution >= 4 is 11.6 Å². The molecule has 1 heterocycles. The quantitative estimate of drug-likeness (QED) is 0.943. The van der Waals surface area contributed by atoms with Gasteiger partial charge < -0.3 is 10.3 Å². The highest BCUT2D eigenvalue weighted by atomic mass is 35.5. The van der Waals surface area contributed by atoms with E-state index in [1.165, 1.54) is 0 Å². The van der Waals surface area contributed by atoms with E-state index in [1.807, 2.05) is 30.5 Å². The largest absolute Gasteiger partial charge is 0.320 e. The van der Waals surface area contributed by atoms with Crippen molar-refractivity contribution in [3.63, 3.8) is 0 Å². The molecular formula is C17H19ClN2O. The molecule has 3 rings (SSSR count). The Morgan fingerprint density at radius 1 is 1.24 bits per heavy atom. The zero-order chi connectivity index (χ0) is 15.1. The molecular weight excluding hydrogens is 284 g/mol. The first-order chi connectivity index (χ1) is 9.99. The third-order valence-electron chi connectivity index (χ3n) is 4.13. The van der Waals surface area contributed by atoms with Crippen LogP contribution >= 0.6 is 11.6 Å². The predicted octanol–water partition coefficient (Wildman–Crippen LogP) is 3.50. The van der Waals surface area contributed by atoms with Gasteiger partial charge in [0.2, 0.25) is 0 Å². The summed E-state index contributed by atoms with van der Waals surface area (Å²) in [5, 5.41) is 0.668. The number of aryl methyl sites for hydroxylation is 2. The third kappa shape index (κ3) is 2.63. The number of nitrogens with two attached hydrogens (primary N) is 1. The summed E-state index contributed by atoms with van der Waals surface area (Å²) in [6, 6.07) is 9.37. The van der Waals surface area contributed by atoms with Gasteiger partial charge in [-0.2, -0.15) is 0 Å². The van der Waals surface area contributed by atoms with Gasteiger partial charge in [-0.05, 0) is 56.0 Å². The van der Waals surface area contributed by atoms with E-state index >= 15 is 0 Å². The Bertz CT molecular complexity index is 730. The molecule has 4 heteroatoms. The molecule has 1 fully saturated rings. The molecule has 3 nitrogen and oxygen atoms in total. The van der Waals surface area contributed by atoms with Crippen LogP contribution in [0.25, 0.3) is 0 Å². The van der Waals surface area contributed by atoms with E-state index in [-0.39, 0.29) is 5.56 Å². The van der Waals surface area contributed by atoms with Gasteiger partial charge in [0.25, 0.3) is 5.56 Å². The molecule has 0 spiro atoms. The highest BCUT2D eigenvalue weighted by Crippen LogP contribution is 2.35. The van der Waals surface area contributed by atoms with Crippen molar-refractivity contribution in [3.05, 3.63) is 68.1 Å². The van der Waals surface area contributed by atoms with Crippen LogP contribution in [0.4, 0.5) is 0 Å². The second kappa shape index (κ2) is 5.32. The van der Waals surface area contributed by atoms with Crippen molar-refractivity contribution in [3.8, 4) is 0 Å². The molecule has 2 N–H and O–H groups in total. The molecule has 0 amide bonds. The van der Waals surface area contributed by atoms with E-state index in [2.05, 4.69) is 6.07 Å². The van der Waals surface area contributed by atoms with Crippen LogP contribution in [0.1, 0.15) is 47.3 Å². The van der Waals surface area contributed by atoms with Gasteiger partial charge in [-0.15, -0.1) is 0 Å². The van der Waals surface area contributed by atoms with Crippen LogP contribution < -0.4 is 11.3 Å². The molecule has 1 aliphatic rings. The van der Waals surface area contributed by atoms with Gasteiger partial charge in [0.05, 0.1) is 6.04 Å². The molecule has 1 aromatic carbocycles. The van der Waals surface area contributed by atoms with E-state index in [4.69, 9.17) is 17.3 Å². The lowest BCUT2D eigenvalue weighted by Gasteiger charge is -2.19. The molecule has 0 saturated heterocycles. The lowest BCUT2D eigenvalue weighted by molar-refractivity contribution is 0.659. The average molecular weight is 303 g/mol. The molecule has 110 valence electrons. The summed E-state index contributed by atoms with van der Waals surface area (Å²) in [7, 11) is 0. The summed E-state index contributed by atoms with van der Waals surface area (Å²) < 4.78 is 1.90. The number of rotatable bonds is 3. The Morgan fingerprint density at radius 3 is 2.43 bits per heavy atom. The van der Waals surface area contributed by atoms with Gasteiger partial charge in [0.1, 0.15) is 0 Å². The zero-order valence-electron chi connectivity index (χ0n) is 12.3. The van der Waals surface area contributed by atoms with Gasteiger partial charge in [-0.1, -0.05) is 23.7 Å². The van der Waals surface area contributed by atoms with Crippen molar-refractivity contribution in [2.45, 2.75) is 38.8 Å². The Kier molecular flexibility index (Phi) is 3.64. The van der Waals surface area contributed by atoms with Crippen molar-refractivity contribution in [2.24, 2.45) is 5.73 Å². The Morgan fingerprint density at radius 2 is 1.86 bits per heavy atom.